The Morgan fingerprint density at radius 3 is 2.69 bits per heavy atom. The number of carbonyl (C=O) groups excluding carboxylic acids is 2. The average molecular weight is 184 g/mol. The van der Waals surface area contributed by atoms with Crippen LogP contribution in [0.25, 0.3) is 0 Å². The molecule has 2 N–H and O–H groups in total. The lowest BCUT2D eigenvalue weighted by Crippen LogP contribution is -2.36. The fraction of sp³-hybridized carbons (Fsp3) is 0.500. The first kappa shape index (κ1) is 9.57. The number of nitrogens with two attached hydrogens (primary N) is 1. The Morgan fingerprint density at radius 2 is 2.31 bits per heavy atom. The van der Waals surface area contributed by atoms with Crippen molar-refractivity contribution < 1.29 is 14.3 Å². The highest BCUT2D eigenvalue weighted by Crippen LogP contribution is 2.10. The fourth-order valence-electron chi connectivity index (χ4n) is 1.19. The Kier molecular flexibility index (Phi) is 2.89. The van der Waals surface area contributed by atoms with Crippen LogP contribution < -0.4 is 5.73 Å². The van der Waals surface area contributed by atoms with E-state index < -0.39 is 5.91 Å². The van der Waals surface area contributed by atoms with Gasteiger partial charge in [0.25, 0.3) is 0 Å². The van der Waals surface area contributed by atoms with Crippen molar-refractivity contribution in [1.82, 2.24) is 4.90 Å². The van der Waals surface area contributed by atoms with E-state index in [-0.39, 0.29) is 6.09 Å². The molecule has 0 aromatic rings. The second-order valence-corrected chi connectivity index (χ2v) is 2.76. The first-order chi connectivity index (χ1) is 6.15. The van der Waals surface area contributed by atoms with E-state index in [9.17, 15) is 9.59 Å². The van der Waals surface area contributed by atoms with Crippen LogP contribution in [0.3, 0.4) is 0 Å². The maximum absolute atomic E-state index is 11.0. The van der Waals surface area contributed by atoms with Gasteiger partial charge in [-0.15, -0.1) is 0 Å². The normalized spacial score (nSPS) is 16.4. The van der Waals surface area contributed by atoms with Gasteiger partial charge in [0.1, 0.15) is 0 Å². The van der Waals surface area contributed by atoms with Crippen LogP contribution in [0.15, 0.2) is 11.6 Å². The lowest BCUT2D eigenvalue weighted by atomic mass is 10.1. The standard InChI is InChI=1S/C8H12N2O3/c1-13-8(12)10-4-2-6(3-5-10)7(9)11/h2H,3-5H2,1H3,(H2,9,11). The molecule has 0 saturated heterocycles. The first-order valence-electron chi connectivity index (χ1n) is 3.97. The van der Waals surface area contributed by atoms with Crippen molar-refractivity contribution in [1.29, 1.82) is 0 Å². The van der Waals surface area contributed by atoms with Crippen molar-refractivity contribution in [3.05, 3.63) is 11.6 Å². The molecule has 0 bridgehead atoms. The molecule has 5 nitrogen and oxygen atoms in total. The van der Waals surface area contributed by atoms with E-state index >= 15 is 0 Å². The van der Waals surface area contributed by atoms with Crippen LogP contribution in [-0.2, 0) is 9.53 Å². The molecule has 0 fully saturated rings. The van der Waals surface area contributed by atoms with Crippen LogP contribution in [0.4, 0.5) is 4.79 Å². The van der Waals surface area contributed by atoms with E-state index in [1.54, 1.807) is 6.08 Å². The van der Waals surface area contributed by atoms with Gasteiger partial charge in [0.2, 0.25) is 5.91 Å². The third-order valence-electron chi connectivity index (χ3n) is 1.96. The summed E-state index contributed by atoms with van der Waals surface area (Å²) in [5.74, 6) is -0.412. The first-order valence-corrected chi connectivity index (χ1v) is 3.97. The zero-order valence-corrected chi connectivity index (χ0v) is 7.45. The summed E-state index contributed by atoms with van der Waals surface area (Å²) in [6.45, 7) is 0.881. The minimum absolute atomic E-state index is 0.375. The zero-order valence-electron chi connectivity index (χ0n) is 7.45. The molecule has 0 aliphatic carbocycles. The number of amides is 2. The highest BCUT2D eigenvalue weighted by atomic mass is 16.5. The maximum atomic E-state index is 11.0. The molecular weight excluding hydrogens is 172 g/mol. The molecule has 2 amide bonds. The van der Waals surface area contributed by atoms with Crippen LogP contribution in [0, 0.1) is 0 Å². The van der Waals surface area contributed by atoms with Crippen molar-refractivity contribution in [2.45, 2.75) is 6.42 Å². The van der Waals surface area contributed by atoms with E-state index in [1.807, 2.05) is 0 Å². The highest BCUT2D eigenvalue weighted by molar-refractivity contribution is 5.92. The number of ether oxygens (including phenoxy) is 1. The molecule has 5 heteroatoms. The smallest absolute Gasteiger partial charge is 0.409 e. The summed E-state index contributed by atoms with van der Waals surface area (Å²) >= 11 is 0. The molecule has 1 aliphatic rings. The number of hydrogen-bond donors (Lipinski definition) is 1. The van der Waals surface area contributed by atoms with Gasteiger partial charge in [-0.3, -0.25) is 4.79 Å². The van der Waals surface area contributed by atoms with E-state index in [2.05, 4.69) is 4.74 Å². The van der Waals surface area contributed by atoms with Crippen LogP contribution in [0.1, 0.15) is 6.42 Å². The number of methoxy groups -OCH3 is 1. The SMILES string of the molecule is COC(=O)N1CC=C(C(N)=O)CC1. The summed E-state index contributed by atoms with van der Waals surface area (Å²) in [6, 6.07) is 0. The topological polar surface area (TPSA) is 72.6 Å². The lowest BCUT2D eigenvalue weighted by Gasteiger charge is -2.23. The third-order valence-corrected chi connectivity index (χ3v) is 1.96. The predicted molar refractivity (Wildman–Crippen MR) is 45.9 cm³/mol. The molecule has 0 atom stereocenters. The van der Waals surface area contributed by atoms with Gasteiger partial charge in [-0.05, 0) is 6.42 Å². The van der Waals surface area contributed by atoms with E-state index in [4.69, 9.17) is 5.73 Å². The average Bonchev–Trinajstić information content (AvgIpc) is 2.17. The lowest BCUT2D eigenvalue weighted by molar-refractivity contribution is -0.114. The Hall–Kier alpha value is -1.52. The van der Waals surface area contributed by atoms with Gasteiger partial charge in [0.15, 0.2) is 0 Å². The molecule has 13 heavy (non-hydrogen) atoms. The molecular formula is C8H12N2O3. The van der Waals surface area contributed by atoms with E-state index in [0.717, 1.165) is 0 Å². The molecule has 0 radical (unpaired) electrons. The van der Waals surface area contributed by atoms with Crippen LogP contribution in [-0.4, -0.2) is 37.1 Å². The molecule has 1 heterocycles. The van der Waals surface area contributed by atoms with Crippen molar-refractivity contribution in [3.63, 3.8) is 0 Å². The van der Waals surface area contributed by atoms with Crippen LogP contribution in [0.2, 0.25) is 0 Å². The van der Waals surface area contributed by atoms with Crippen molar-refractivity contribution in [2.75, 3.05) is 20.2 Å². The van der Waals surface area contributed by atoms with Gasteiger partial charge < -0.3 is 15.4 Å². The predicted octanol–water partition coefficient (Wildman–Crippen LogP) is -0.130. The van der Waals surface area contributed by atoms with Gasteiger partial charge in [0.05, 0.1) is 7.11 Å². The summed E-state index contributed by atoms with van der Waals surface area (Å²) in [5, 5.41) is 0. The summed E-state index contributed by atoms with van der Waals surface area (Å²) < 4.78 is 4.53. The molecule has 0 saturated carbocycles. The van der Waals surface area contributed by atoms with Crippen molar-refractivity contribution >= 4 is 12.0 Å². The number of carbonyl (C=O) groups is 2. The Bertz CT molecular complexity index is 260. The second kappa shape index (κ2) is 3.93. The summed E-state index contributed by atoms with van der Waals surface area (Å²) in [5.41, 5.74) is 5.66. The molecule has 0 aromatic heterocycles. The maximum Gasteiger partial charge on any atom is 0.409 e. The molecule has 1 aliphatic heterocycles. The Balaban J connectivity index is 2.56. The quantitative estimate of drug-likeness (QED) is 0.617. The van der Waals surface area contributed by atoms with Crippen molar-refractivity contribution in [2.24, 2.45) is 5.73 Å². The Morgan fingerprint density at radius 1 is 1.62 bits per heavy atom. The van der Waals surface area contributed by atoms with E-state index in [0.29, 0.717) is 25.1 Å². The van der Waals surface area contributed by atoms with Crippen LogP contribution >= 0.6 is 0 Å². The molecule has 1 rings (SSSR count). The summed E-state index contributed by atoms with van der Waals surface area (Å²) in [7, 11) is 1.33. The van der Waals surface area contributed by atoms with Gasteiger partial charge in [-0.1, -0.05) is 6.08 Å². The number of hydrogen-bond acceptors (Lipinski definition) is 3. The second-order valence-electron chi connectivity index (χ2n) is 2.76. The monoisotopic (exact) mass is 184 g/mol. The fourth-order valence-corrected chi connectivity index (χ4v) is 1.19. The van der Waals surface area contributed by atoms with Gasteiger partial charge in [0, 0.05) is 18.7 Å². The number of nitrogens with zero attached hydrogens (tertiary/aromatic N) is 1. The minimum Gasteiger partial charge on any atom is -0.453 e. The summed E-state index contributed by atoms with van der Waals surface area (Å²) in [4.78, 5) is 23.2. The third kappa shape index (κ3) is 2.21. The Labute approximate surface area is 76.1 Å². The highest BCUT2D eigenvalue weighted by Gasteiger charge is 2.18. The number of primary amides is 1. The van der Waals surface area contributed by atoms with Gasteiger partial charge >= 0.3 is 6.09 Å². The van der Waals surface area contributed by atoms with E-state index in [1.165, 1.54) is 12.0 Å². The van der Waals surface area contributed by atoms with Crippen LogP contribution in [0.5, 0.6) is 0 Å². The van der Waals surface area contributed by atoms with Crippen molar-refractivity contribution in [3.8, 4) is 0 Å². The molecule has 0 spiro atoms. The number of rotatable bonds is 1. The molecule has 0 aromatic carbocycles. The zero-order chi connectivity index (χ0) is 9.84. The molecule has 0 unspecified atom stereocenters. The largest absolute Gasteiger partial charge is 0.453 e. The molecule has 72 valence electrons. The minimum atomic E-state index is -0.412. The van der Waals surface area contributed by atoms with Gasteiger partial charge in [-0.25, -0.2) is 4.79 Å². The van der Waals surface area contributed by atoms with Gasteiger partial charge in [-0.2, -0.15) is 0 Å². The summed E-state index contributed by atoms with van der Waals surface area (Å²) in [6.07, 6.45) is 1.78.